The van der Waals surface area contributed by atoms with E-state index in [0.29, 0.717) is 25.5 Å². The summed E-state index contributed by atoms with van der Waals surface area (Å²) in [5.74, 6) is 0.527. The molecule has 0 saturated carbocycles. The molecule has 1 unspecified atom stereocenters. The van der Waals surface area contributed by atoms with Crippen LogP contribution in [0.15, 0.2) is 0 Å². The van der Waals surface area contributed by atoms with Crippen molar-refractivity contribution >= 4 is 5.97 Å². The molecule has 0 aliphatic rings. The van der Waals surface area contributed by atoms with E-state index in [0.717, 1.165) is 25.8 Å². The van der Waals surface area contributed by atoms with Gasteiger partial charge in [-0.25, -0.2) is 0 Å². The van der Waals surface area contributed by atoms with E-state index in [1.807, 2.05) is 0 Å². The second-order valence-electron chi connectivity index (χ2n) is 8.24. The number of aliphatic hydroxyl groups excluding tert-OH is 1. The number of carbonyl (C=O) groups excluding carboxylic acids is 1. The summed E-state index contributed by atoms with van der Waals surface area (Å²) in [7, 11) is 0. The Bertz CT molecular complexity index is 323. The maximum atomic E-state index is 12.0. The van der Waals surface area contributed by atoms with Crippen molar-refractivity contribution in [2.24, 2.45) is 5.92 Å². The Labute approximate surface area is 175 Å². The molecule has 0 aromatic heterocycles. The number of carbonyl (C=O) groups is 1. The predicted molar refractivity (Wildman–Crippen MR) is 120 cm³/mol. The van der Waals surface area contributed by atoms with E-state index in [1.165, 1.54) is 77.0 Å². The molecule has 0 aromatic rings. The first-order chi connectivity index (χ1) is 13.7. The number of hydrogen-bond donors (Lipinski definition) is 2. The molecule has 0 saturated heterocycles. The third-order valence-electron chi connectivity index (χ3n) is 5.43. The Balaban J connectivity index is 3.87. The standard InChI is InChI=1S/C24H49NO3/c1-3-5-7-9-10-13-17-23(16-12-8-6-4-2)22-28-24(27)18-14-11-15-19-25-20-21-26/h23,25-26H,3-22H2,1-2H3. The molecule has 0 rings (SSSR count). The fraction of sp³-hybridized carbons (Fsp3) is 0.958. The maximum Gasteiger partial charge on any atom is 0.305 e. The number of aliphatic hydroxyl groups is 1. The van der Waals surface area contributed by atoms with Gasteiger partial charge in [0.15, 0.2) is 0 Å². The molecule has 4 heteroatoms. The van der Waals surface area contributed by atoms with Gasteiger partial charge in [0.25, 0.3) is 0 Å². The highest BCUT2D eigenvalue weighted by Crippen LogP contribution is 2.19. The van der Waals surface area contributed by atoms with Crippen LogP contribution in [0, 0.1) is 5.92 Å². The molecular formula is C24H49NO3. The van der Waals surface area contributed by atoms with Crippen LogP contribution in [0.4, 0.5) is 0 Å². The molecule has 0 heterocycles. The van der Waals surface area contributed by atoms with Crippen LogP contribution in [0.1, 0.15) is 117 Å². The first-order valence-corrected chi connectivity index (χ1v) is 12.2. The summed E-state index contributed by atoms with van der Waals surface area (Å²) in [6, 6.07) is 0. The molecule has 2 N–H and O–H groups in total. The van der Waals surface area contributed by atoms with Gasteiger partial charge in [-0.15, -0.1) is 0 Å². The highest BCUT2D eigenvalue weighted by atomic mass is 16.5. The highest BCUT2D eigenvalue weighted by Gasteiger charge is 2.12. The minimum atomic E-state index is -0.0233. The zero-order valence-electron chi connectivity index (χ0n) is 19.0. The Morgan fingerprint density at radius 3 is 2.00 bits per heavy atom. The normalized spacial score (nSPS) is 12.2. The maximum absolute atomic E-state index is 12.0. The van der Waals surface area contributed by atoms with Crippen molar-refractivity contribution < 1.29 is 14.6 Å². The lowest BCUT2D eigenvalue weighted by molar-refractivity contribution is -0.145. The van der Waals surface area contributed by atoms with Gasteiger partial charge in [0.2, 0.25) is 0 Å². The van der Waals surface area contributed by atoms with Gasteiger partial charge in [0.05, 0.1) is 13.2 Å². The number of unbranched alkanes of at least 4 members (excludes halogenated alkanes) is 10. The van der Waals surface area contributed by atoms with Crippen molar-refractivity contribution in [1.82, 2.24) is 5.32 Å². The second-order valence-corrected chi connectivity index (χ2v) is 8.24. The van der Waals surface area contributed by atoms with Gasteiger partial charge < -0.3 is 15.2 Å². The molecule has 0 bridgehead atoms. The molecule has 0 fully saturated rings. The number of hydrogen-bond acceptors (Lipinski definition) is 4. The molecule has 28 heavy (non-hydrogen) atoms. The lowest BCUT2D eigenvalue weighted by atomic mass is 9.95. The van der Waals surface area contributed by atoms with E-state index in [9.17, 15) is 4.79 Å². The lowest BCUT2D eigenvalue weighted by Crippen LogP contribution is -2.19. The van der Waals surface area contributed by atoms with E-state index >= 15 is 0 Å². The molecule has 0 radical (unpaired) electrons. The van der Waals surface area contributed by atoms with Crippen LogP contribution in [0.25, 0.3) is 0 Å². The van der Waals surface area contributed by atoms with Crippen molar-refractivity contribution in [2.75, 3.05) is 26.3 Å². The van der Waals surface area contributed by atoms with E-state index in [4.69, 9.17) is 9.84 Å². The summed E-state index contributed by atoms with van der Waals surface area (Å²) in [6.07, 6.45) is 19.1. The average Bonchev–Trinajstić information content (AvgIpc) is 2.70. The summed E-state index contributed by atoms with van der Waals surface area (Å²) in [6.45, 7) is 6.88. The van der Waals surface area contributed by atoms with Gasteiger partial charge in [-0.05, 0) is 38.1 Å². The first-order valence-electron chi connectivity index (χ1n) is 12.2. The van der Waals surface area contributed by atoms with Crippen LogP contribution in [0.5, 0.6) is 0 Å². The second kappa shape index (κ2) is 22.7. The molecule has 0 aliphatic heterocycles. The van der Waals surface area contributed by atoms with Gasteiger partial charge >= 0.3 is 5.97 Å². The number of esters is 1. The molecule has 0 aliphatic carbocycles. The van der Waals surface area contributed by atoms with Crippen LogP contribution in [0.2, 0.25) is 0 Å². The SMILES string of the molecule is CCCCCCCCC(CCCCCC)COC(=O)CCCCCNCCO. The van der Waals surface area contributed by atoms with E-state index in [-0.39, 0.29) is 12.6 Å². The molecule has 0 spiro atoms. The Hall–Kier alpha value is -0.610. The summed E-state index contributed by atoms with van der Waals surface area (Å²) in [4.78, 5) is 12.0. The summed E-state index contributed by atoms with van der Waals surface area (Å²) < 4.78 is 5.61. The van der Waals surface area contributed by atoms with Gasteiger partial charge in [0.1, 0.15) is 0 Å². The van der Waals surface area contributed by atoms with E-state index in [2.05, 4.69) is 19.2 Å². The monoisotopic (exact) mass is 399 g/mol. The first kappa shape index (κ1) is 27.4. The van der Waals surface area contributed by atoms with Crippen LogP contribution < -0.4 is 5.32 Å². The fourth-order valence-electron chi connectivity index (χ4n) is 3.57. The Morgan fingerprint density at radius 1 is 0.786 bits per heavy atom. The van der Waals surface area contributed by atoms with Crippen molar-refractivity contribution in [1.29, 1.82) is 0 Å². The van der Waals surface area contributed by atoms with Crippen LogP contribution in [-0.4, -0.2) is 37.4 Å². The Morgan fingerprint density at radius 2 is 1.36 bits per heavy atom. The minimum Gasteiger partial charge on any atom is -0.465 e. The van der Waals surface area contributed by atoms with E-state index in [1.54, 1.807) is 0 Å². The Kier molecular flexibility index (Phi) is 22.2. The zero-order chi connectivity index (χ0) is 20.7. The average molecular weight is 400 g/mol. The summed E-state index contributed by atoms with van der Waals surface area (Å²) in [5.41, 5.74) is 0. The lowest BCUT2D eigenvalue weighted by Gasteiger charge is -2.17. The topological polar surface area (TPSA) is 58.6 Å². The minimum absolute atomic E-state index is 0.0233. The van der Waals surface area contributed by atoms with Crippen LogP contribution in [-0.2, 0) is 9.53 Å². The number of ether oxygens (including phenoxy) is 1. The molecule has 1 atom stereocenters. The van der Waals surface area contributed by atoms with Gasteiger partial charge in [-0.3, -0.25) is 4.79 Å². The number of rotatable bonds is 22. The van der Waals surface area contributed by atoms with Crippen molar-refractivity contribution in [3.63, 3.8) is 0 Å². The molecule has 168 valence electrons. The fourth-order valence-corrected chi connectivity index (χ4v) is 3.57. The van der Waals surface area contributed by atoms with Crippen molar-refractivity contribution in [3.05, 3.63) is 0 Å². The number of nitrogens with one attached hydrogen (secondary N) is 1. The van der Waals surface area contributed by atoms with Crippen LogP contribution in [0.3, 0.4) is 0 Å². The van der Waals surface area contributed by atoms with Crippen molar-refractivity contribution in [3.8, 4) is 0 Å². The third kappa shape index (κ3) is 20.1. The molecule has 0 amide bonds. The van der Waals surface area contributed by atoms with Crippen molar-refractivity contribution in [2.45, 2.75) is 117 Å². The molecular weight excluding hydrogens is 350 g/mol. The molecule has 4 nitrogen and oxygen atoms in total. The zero-order valence-corrected chi connectivity index (χ0v) is 19.0. The smallest absolute Gasteiger partial charge is 0.305 e. The highest BCUT2D eigenvalue weighted by molar-refractivity contribution is 5.69. The van der Waals surface area contributed by atoms with Crippen LogP contribution >= 0.6 is 0 Å². The predicted octanol–water partition coefficient (Wildman–Crippen LogP) is 6.01. The summed E-state index contributed by atoms with van der Waals surface area (Å²) in [5, 5.41) is 11.9. The summed E-state index contributed by atoms with van der Waals surface area (Å²) >= 11 is 0. The third-order valence-corrected chi connectivity index (χ3v) is 5.43. The molecule has 0 aromatic carbocycles. The quantitative estimate of drug-likeness (QED) is 0.173. The van der Waals surface area contributed by atoms with Gasteiger partial charge in [0, 0.05) is 13.0 Å². The van der Waals surface area contributed by atoms with Gasteiger partial charge in [-0.2, -0.15) is 0 Å². The largest absolute Gasteiger partial charge is 0.465 e. The van der Waals surface area contributed by atoms with E-state index < -0.39 is 0 Å². The van der Waals surface area contributed by atoms with Gasteiger partial charge in [-0.1, -0.05) is 84.5 Å².